The molecule has 7 heteroatoms. The van der Waals surface area contributed by atoms with Crippen molar-refractivity contribution < 1.29 is 14.7 Å². The minimum atomic E-state index is -0.851. The van der Waals surface area contributed by atoms with Crippen molar-refractivity contribution in [2.45, 2.75) is 51.5 Å². The molecular formula is C24H28N4O3. The van der Waals surface area contributed by atoms with Crippen LogP contribution in [-0.4, -0.2) is 57.5 Å². The average molecular weight is 421 g/mol. The second-order valence-electron chi connectivity index (χ2n) is 9.08. The van der Waals surface area contributed by atoms with Gasteiger partial charge >= 0.3 is 5.97 Å². The Morgan fingerprint density at radius 1 is 1.16 bits per heavy atom. The minimum absolute atomic E-state index is 0.0770. The molecule has 0 bridgehead atoms. The number of carbonyl (C=O) groups is 2. The Kier molecular flexibility index (Phi) is 4.91. The topological polar surface area (TPSA) is 86.6 Å². The molecule has 7 nitrogen and oxygen atoms in total. The van der Waals surface area contributed by atoms with E-state index in [1.165, 1.54) is 12.5 Å². The van der Waals surface area contributed by atoms with Crippen LogP contribution in [0, 0.1) is 5.92 Å². The number of fused-ring (bicyclic) bond motifs is 1. The third-order valence-electron chi connectivity index (χ3n) is 7.17. The molecule has 3 aliphatic rings. The van der Waals surface area contributed by atoms with E-state index in [-0.39, 0.29) is 18.4 Å². The molecule has 0 radical (unpaired) electrons. The van der Waals surface area contributed by atoms with Crippen LogP contribution in [0.1, 0.15) is 49.4 Å². The van der Waals surface area contributed by atoms with Crippen molar-refractivity contribution in [3.63, 3.8) is 0 Å². The Bertz CT molecular complexity index is 1050. The molecule has 1 aliphatic carbocycles. The monoisotopic (exact) mass is 420 g/mol. The third-order valence-corrected chi connectivity index (χ3v) is 7.17. The fourth-order valence-corrected chi connectivity index (χ4v) is 5.17. The molecule has 2 aliphatic heterocycles. The Labute approximate surface area is 182 Å². The van der Waals surface area contributed by atoms with E-state index in [0.29, 0.717) is 12.6 Å². The van der Waals surface area contributed by atoms with Crippen LogP contribution in [0.3, 0.4) is 0 Å². The van der Waals surface area contributed by atoms with Gasteiger partial charge in [0, 0.05) is 55.3 Å². The average Bonchev–Trinajstić information content (AvgIpc) is 3.39. The van der Waals surface area contributed by atoms with Crippen LogP contribution in [0.5, 0.6) is 0 Å². The number of carboxylic acid groups (broad SMARTS) is 1. The summed E-state index contributed by atoms with van der Waals surface area (Å²) < 4.78 is 0. The number of aliphatic carboxylic acids is 1. The number of nitrogens with zero attached hydrogens (tertiary/aromatic N) is 4. The molecule has 5 rings (SSSR count). The SMILES string of the molecule is CC(=O)N1C[C@H](C(=O)O)[C@@H](c2cccc(-c3nc(N4CC[C@@H]4C)nc4c3CCC4)c2)C1. The molecule has 1 amide bonds. The summed E-state index contributed by atoms with van der Waals surface area (Å²) in [7, 11) is 0. The summed E-state index contributed by atoms with van der Waals surface area (Å²) in [6, 6.07) is 8.56. The number of benzene rings is 1. The molecule has 2 aromatic rings. The Morgan fingerprint density at radius 3 is 2.68 bits per heavy atom. The molecule has 1 aromatic carbocycles. The first-order valence-electron chi connectivity index (χ1n) is 11.2. The van der Waals surface area contributed by atoms with Crippen molar-refractivity contribution in [1.82, 2.24) is 14.9 Å². The summed E-state index contributed by atoms with van der Waals surface area (Å²) in [6.45, 7) is 5.39. The van der Waals surface area contributed by atoms with Gasteiger partial charge in [-0.2, -0.15) is 0 Å². The van der Waals surface area contributed by atoms with Crippen molar-refractivity contribution in [3.05, 3.63) is 41.1 Å². The molecule has 31 heavy (non-hydrogen) atoms. The molecule has 1 N–H and O–H groups in total. The van der Waals surface area contributed by atoms with Crippen molar-refractivity contribution in [1.29, 1.82) is 0 Å². The van der Waals surface area contributed by atoms with Gasteiger partial charge < -0.3 is 14.9 Å². The second-order valence-corrected chi connectivity index (χ2v) is 9.08. The minimum Gasteiger partial charge on any atom is -0.481 e. The largest absolute Gasteiger partial charge is 0.481 e. The molecule has 0 saturated carbocycles. The number of hydrogen-bond donors (Lipinski definition) is 1. The van der Waals surface area contributed by atoms with Gasteiger partial charge in [0.05, 0.1) is 11.6 Å². The van der Waals surface area contributed by atoms with Crippen molar-refractivity contribution in [3.8, 4) is 11.3 Å². The first kappa shape index (κ1) is 20.0. The van der Waals surface area contributed by atoms with Gasteiger partial charge in [0.15, 0.2) is 0 Å². The maximum atomic E-state index is 11.9. The number of aromatic nitrogens is 2. The van der Waals surface area contributed by atoms with E-state index >= 15 is 0 Å². The van der Waals surface area contributed by atoms with Gasteiger partial charge in [-0.1, -0.05) is 18.2 Å². The van der Waals surface area contributed by atoms with Gasteiger partial charge in [-0.05, 0) is 44.2 Å². The lowest BCUT2D eigenvalue weighted by Gasteiger charge is -2.39. The fourth-order valence-electron chi connectivity index (χ4n) is 5.17. The van der Waals surface area contributed by atoms with Crippen molar-refractivity contribution in [2.75, 3.05) is 24.5 Å². The van der Waals surface area contributed by atoms with Crippen LogP contribution in [0.4, 0.5) is 5.95 Å². The van der Waals surface area contributed by atoms with Gasteiger partial charge in [0.2, 0.25) is 11.9 Å². The predicted octanol–water partition coefficient (Wildman–Crippen LogP) is 2.88. The van der Waals surface area contributed by atoms with Crippen LogP contribution in [0.15, 0.2) is 24.3 Å². The Morgan fingerprint density at radius 2 is 2.00 bits per heavy atom. The van der Waals surface area contributed by atoms with Gasteiger partial charge in [0.25, 0.3) is 0 Å². The zero-order valence-corrected chi connectivity index (χ0v) is 18.0. The molecule has 3 atom stereocenters. The van der Waals surface area contributed by atoms with E-state index < -0.39 is 11.9 Å². The smallest absolute Gasteiger partial charge is 0.308 e. The molecule has 3 heterocycles. The van der Waals surface area contributed by atoms with Gasteiger partial charge in [-0.25, -0.2) is 9.97 Å². The molecule has 2 saturated heterocycles. The van der Waals surface area contributed by atoms with Crippen molar-refractivity contribution >= 4 is 17.8 Å². The van der Waals surface area contributed by atoms with Gasteiger partial charge in [-0.3, -0.25) is 9.59 Å². The summed E-state index contributed by atoms with van der Waals surface area (Å²) in [5.41, 5.74) is 5.32. The zero-order valence-electron chi connectivity index (χ0n) is 18.0. The summed E-state index contributed by atoms with van der Waals surface area (Å²) in [5.74, 6) is -0.923. The molecule has 0 spiro atoms. The fraction of sp³-hybridized carbons (Fsp3) is 0.500. The first-order valence-corrected chi connectivity index (χ1v) is 11.2. The van der Waals surface area contributed by atoms with Gasteiger partial charge in [-0.15, -0.1) is 0 Å². The lowest BCUT2D eigenvalue weighted by molar-refractivity contribution is -0.141. The highest BCUT2D eigenvalue weighted by Gasteiger charge is 2.39. The number of amides is 1. The number of likely N-dealkylation sites (tertiary alicyclic amines) is 1. The molecule has 0 unspecified atom stereocenters. The number of carbonyl (C=O) groups excluding carboxylic acids is 1. The highest BCUT2D eigenvalue weighted by atomic mass is 16.4. The molecular weight excluding hydrogens is 392 g/mol. The van der Waals surface area contributed by atoms with Crippen LogP contribution in [-0.2, 0) is 22.4 Å². The van der Waals surface area contributed by atoms with E-state index in [9.17, 15) is 14.7 Å². The van der Waals surface area contributed by atoms with Crippen LogP contribution >= 0.6 is 0 Å². The summed E-state index contributed by atoms with van der Waals surface area (Å²) >= 11 is 0. The van der Waals surface area contributed by atoms with E-state index in [4.69, 9.17) is 9.97 Å². The quantitative estimate of drug-likeness (QED) is 0.819. The van der Waals surface area contributed by atoms with E-state index in [2.05, 4.69) is 24.0 Å². The maximum Gasteiger partial charge on any atom is 0.308 e. The predicted molar refractivity (Wildman–Crippen MR) is 117 cm³/mol. The van der Waals surface area contributed by atoms with Crippen LogP contribution in [0.2, 0.25) is 0 Å². The number of hydrogen-bond acceptors (Lipinski definition) is 5. The maximum absolute atomic E-state index is 11.9. The number of aryl methyl sites for hydroxylation is 1. The van der Waals surface area contributed by atoms with Crippen LogP contribution < -0.4 is 4.90 Å². The standard InChI is InChI=1S/C24H28N4O3/c1-14-9-10-28(14)24-25-21-8-4-7-18(21)22(26-24)17-6-3-5-16(11-17)19-12-27(15(2)29)13-20(19)23(30)31/h3,5-6,11,14,19-20H,4,7-10,12-13H2,1-2H3,(H,30,31)/t14-,19+,20-/m0/s1. The highest BCUT2D eigenvalue weighted by Crippen LogP contribution is 2.37. The van der Waals surface area contributed by atoms with Gasteiger partial charge in [0.1, 0.15) is 0 Å². The third kappa shape index (κ3) is 3.46. The molecule has 2 fully saturated rings. The molecule has 162 valence electrons. The number of carboxylic acids is 1. The Balaban J connectivity index is 1.54. The summed E-state index contributed by atoms with van der Waals surface area (Å²) in [5, 5.41) is 9.75. The van der Waals surface area contributed by atoms with E-state index in [1.54, 1.807) is 4.90 Å². The lowest BCUT2D eigenvalue weighted by atomic mass is 9.87. The lowest BCUT2D eigenvalue weighted by Crippen LogP contribution is -2.46. The number of rotatable bonds is 4. The summed E-state index contributed by atoms with van der Waals surface area (Å²) in [6.07, 6.45) is 4.21. The first-order chi connectivity index (χ1) is 14.9. The Hall–Kier alpha value is -2.96. The summed E-state index contributed by atoms with van der Waals surface area (Å²) in [4.78, 5) is 37.5. The molecule has 1 aromatic heterocycles. The highest BCUT2D eigenvalue weighted by molar-refractivity contribution is 5.78. The zero-order chi connectivity index (χ0) is 21.7. The van der Waals surface area contributed by atoms with Crippen molar-refractivity contribution in [2.24, 2.45) is 5.92 Å². The number of anilines is 1. The second kappa shape index (κ2) is 7.62. The van der Waals surface area contributed by atoms with E-state index in [0.717, 1.165) is 60.7 Å². The van der Waals surface area contributed by atoms with Crippen LogP contribution in [0.25, 0.3) is 11.3 Å². The van der Waals surface area contributed by atoms with E-state index in [1.807, 2.05) is 12.1 Å². The normalized spacial score (nSPS) is 24.8.